The second kappa shape index (κ2) is 5.65. The summed E-state index contributed by atoms with van der Waals surface area (Å²) in [5, 5.41) is 11.1. The number of hydrogen-bond acceptors (Lipinski definition) is 4. The predicted molar refractivity (Wildman–Crippen MR) is 71.8 cm³/mol. The fourth-order valence-electron chi connectivity index (χ4n) is 2.31. The number of aromatic nitrogens is 1. The summed E-state index contributed by atoms with van der Waals surface area (Å²) in [5.41, 5.74) is 1.85. The molecule has 4 heteroatoms. The van der Waals surface area contributed by atoms with E-state index in [1.54, 1.807) is 0 Å². The molecule has 0 spiro atoms. The van der Waals surface area contributed by atoms with Crippen molar-refractivity contribution in [1.82, 2.24) is 4.98 Å². The van der Waals surface area contributed by atoms with Crippen molar-refractivity contribution in [2.75, 3.05) is 13.2 Å². The molecule has 2 heterocycles. The first-order chi connectivity index (χ1) is 9.31. The van der Waals surface area contributed by atoms with Crippen molar-refractivity contribution in [2.45, 2.75) is 25.2 Å². The Morgan fingerprint density at radius 1 is 1.16 bits per heavy atom. The first-order valence-corrected chi connectivity index (χ1v) is 6.57. The lowest BCUT2D eigenvalue weighted by Gasteiger charge is -2.14. The molecular weight excluding hydrogens is 242 g/mol. The van der Waals surface area contributed by atoms with Gasteiger partial charge in [0.2, 0.25) is 0 Å². The minimum Gasteiger partial charge on any atom is -0.393 e. The van der Waals surface area contributed by atoms with Crippen LogP contribution in [0.25, 0.3) is 10.9 Å². The maximum Gasteiger partial charge on any atom is 0.160 e. The van der Waals surface area contributed by atoms with Crippen LogP contribution in [-0.4, -0.2) is 35.7 Å². The Labute approximate surface area is 112 Å². The minimum atomic E-state index is -0.489. The van der Waals surface area contributed by atoms with E-state index in [9.17, 15) is 5.11 Å². The van der Waals surface area contributed by atoms with Gasteiger partial charge in [-0.3, -0.25) is 4.98 Å². The van der Waals surface area contributed by atoms with Crippen LogP contribution in [0.4, 0.5) is 0 Å². The third-order valence-electron chi connectivity index (χ3n) is 3.26. The molecule has 1 unspecified atom stereocenters. The van der Waals surface area contributed by atoms with Crippen molar-refractivity contribution in [1.29, 1.82) is 0 Å². The molecule has 1 aliphatic rings. The number of aliphatic hydroxyl groups is 1. The van der Waals surface area contributed by atoms with E-state index in [2.05, 4.69) is 4.98 Å². The zero-order valence-electron chi connectivity index (χ0n) is 10.7. The largest absolute Gasteiger partial charge is 0.393 e. The van der Waals surface area contributed by atoms with E-state index >= 15 is 0 Å². The van der Waals surface area contributed by atoms with Gasteiger partial charge in [0.05, 0.1) is 24.8 Å². The highest BCUT2D eigenvalue weighted by Crippen LogP contribution is 2.16. The standard InChI is InChI=1S/C15H17NO3/c17-13(10-15-18-7-8-19-15)9-12-6-5-11-3-1-2-4-14(11)16-12/h1-6,13,15,17H,7-10H2. The average Bonchev–Trinajstić information content (AvgIpc) is 2.91. The summed E-state index contributed by atoms with van der Waals surface area (Å²) in [7, 11) is 0. The molecule has 1 saturated heterocycles. The summed E-state index contributed by atoms with van der Waals surface area (Å²) in [5.74, 6) is 0. The summed E-state index contributed by atoms with van der Waals surface area (Å²) in [4.78, 5) is 4.55. The molecule has 0 amide bonds. The second-order valence-electron chi connectivity index (χ2n) is 4.76. The van der Waals surface area contributed by atoms with Gasteiger partial charge in [0.1, 0.15) is 0 Å². The van der Waals surface area contributed by atoms with Gasteiger partial charge in [-0.05, 0) is 12.1 Å². The minimum absolute atomic E-state index is 0.268. The zero-order chi connectivity index (χ0) is 13.1. The van der Waals surface area contributed by atoms with Gasteiger partial charge in [-0.25, -0.2) is 0 Å². The number of pyridine rings is 1. The van der Waals surface area contributed by atoms with Crippen molar-refractivity contribution in [3.05, 3.63) is 42.1 Å². The van der Waals surface area contributed by atoms with Gasteiger partial charge in [-0.2, -0.15) is 0 Å². The molecule has 1 aliphatic heterocycles. The highest BCUT2D eigenvalue weighted by atomic mass is 16.7. The molecule has 0 radical (unpaired) electrons. The van der Waals surface area contributed by atoms with Crippen LogP contribution in [0.2, 0.25) is 0 Å². The van der Waals surface area contributed by atoms with Crippen LogP contribution in [0.3, 0.4) is 0 Å². The highest BCUT2D eigenvalue weighted by Gasteiger charge is 2.20. The monoisotopic (exact) mass is 259 g/mol. The van der Waals surface area contributed by atoms with Crippen molar-refractivity contribution in [2.24, 2.45) is 0 Å². The molecule has 1 atom stereocenters. The lowest BCUT2D eigenvalue weighted by atomic mass is 10.1. The SMILES string of the molecule is OC(Cc1ccc2ccccc2n1)CC1OCCO1. The van der Waals surface area contributed by atoms with E-state index in [4.69, 9.17) is 9.47 Å². The van der Waals surface area contributed by atoms with E-state index in [1.165, 1.54) is 0 Å². The second-order valence-corrected chi connectivity index (χ2v) is 4.76. The van der Waals surface area contributed by atoms with Crippen LogP contribution in [0.1, 0.15) is 12.1 Å². The fraction of sp³-hybridized carbons (Fsp3) is 0.400. The molecule has 1 N–H and O–H groups in total. The van der Waals surface area contributed by atoms with Crippen molar-refractivity contribution in [3.63, 3.8) is 0 Å². The maximum atomic E-state index is 10.0. The molecule has 4 nitrogen and oxygen atoms in total. The first kappa shape index (κ1) is 12.5. The van der Waals surface area contributed by atoms with Crippen LogP contribution in [-0.2, 0) is 15.9 Å². The van der Waals surface area contributed by atoms with Gasteiger partial charge in [0.15, 0.2) is 6.29 Å². The van der Waals surface area contributed by atoms with Gasteiger partial charge in [-0.1, -0.05) is 24.3 Å². The zero-order valence-corrected chi connectivity index (χ0v) is 10.7. The lowest BCUT2D eigenvalue weighted by Crippen LogP contribution is -2.20. The van der Waals surface area contributed by atoms with Crippen LogP contribution in [0.5, 0.6) is 0 Å². The number of benzene rings is 1. The van der Waals surface area contributed by atoms with Crippen molar-refractivity contribution < 1.29 is 14.6 Å². The number of fused-ring (bicyclic) bond motifs is 1. The van der Waals surface area contributed by atoms with E-state index in [-0.39, 0.29) is 6.29 Å². The average molecular weight is 259 g/mol. The Morgan fingerprint density at radius 3 is 2.79 bits per heavy atom. The van der Waals surface area contributed by atoms with E-state index in [1.807, 2.05) is 36.4 Å². The summed E-state index contributed by atoms with van der Waals surface area (Å²) in [6.07, 6.45) is 0.259. The normalized spacial score (nSPS) is 17.9. The first-order valence-electron chi connectivity index (χ1n) is 6.57. The quantitative estimate of drug-likeness (QED) is 0.911. The highest BCUT2D eigenvalue weighted by molar-refractivity contribution is 5.78. The van der Waals surface area contributed by atoms with Crippen LogP contribution >= 0.6 is 0 Å². The molecule has 1 aromatic carbocycles. The van der Waals surface area contributed by atoms with Crippen LogP contribution in [0, 0.1) is 0 Å². The Balaban J connectivity index is 1.66. The molecule has 0 bridgehead atoms. The molecule has 2 aromatic rings. The van der Waals surface area contributed by atoms with Crippen LogP contribution < -0.4 is 0 Å². The topological polar surface area (TPSA) is 51.6 Å². The van der Waals surface area contributed by atoms with Crippen molar-refractivity contribution in [3.8, 4) is 0 Å². The number of hydrogen-bond donors (Lipinski definition) is 1. The smallest absolute Gasteiger partial charge is 0.160 e. The molecule has 0 saturated carbocycles. The number of rotatable bonds is 4. The van der Waals surface area contributed by atoms with Gasteiger partial charge in [0, 0.05) is 23.9 Å². The summed E-state index contributed by atoms with van der Waals surface area (Å²) < 4.78 is 10.7. The van der Waals surface area contributed by atoms with E-state index in [0.29, 0.717) is 26.1 Å². The molecule has 100 valence electrons. The number of ether oxygens (including phenoxy) is 2. The van der Waals surface area contributed by atoms with E-state index < -0.39 is 6.10 Å². The number of aliphatic hydroxyl groups excluding tert-OH is 1. The summed E-state index contributed by atoms with van der Waals surface area (Å²) in [6, 6.07) is 12.0. The molecule has 0 aliphatic carbocycles. The van der Waals surface area contributed by atoms with Gasteiger partial charge in [-0.15, -0.1) is 0 Å². The Hall–Kier alpha value is -1.49. The van der Waals surface area contributed by atoms with Gasteiger partial charge >= 0.3 is 0 Å². The summed E-state index contributed by atoms with van der Waals surface area (Å²) in [6.45, 7) is 1.23. The van der Waals surface area contributed by atoms with E-state index in [0.717, 1.165) is 16.6 Å². The van der Waals surface area contributed by atoms with Gasteiger partial charge < -0.3 is 14.6 Å². The number of para-hydroxylation sites is 1. The Morgan fingerprint density at radius 2 is 1.95 bits per heavy atom. The maximum absolute atomic E-state index is 10.0. The summed E-state index contributed by atoms with van der Waals surface area (Å²) >= 11 is 0. The Kier molecular flexibility index (Phi) is 3.73. The van der Waals surface area contributed by atoms with Crippen LogP contribution in [0.15, 0.2) is 36.4 Å². The molecule has 19 heavy (non-hydrogen) atoms. The third-order valence-corrected chi connectivity index (χ3v) is 3.26. The third kappa shape index (κ3) is 3.10. The molecule has 1 aromatic heterocycles. The molecule has 3 rings (SSSR count). The molecule has 1 fully saturated rings. The predicted octanol–water partition coefficient (Wildman–Crippen LogP) is 1.90. The van der Waals surface area contributed by atoms with Crippen molar-refractivity contribution >= 4 is 10.9 Å². The Bertz CT molecular complexity index is 552. The fourth-order valence-corrected chi connectivity index (χ4v) is 2.31. The lowest BCUT2D eigenvalue weighted by molar-refractivity contribution is -0.0699. The molecular formula is C15H17NO3. The number of nitrogens with zero attached hydrogens (tertiary/aromatic N) is 1. The van der Waals surface area contributed by atoms with Gasteiger partial charge in [0.25, 0.3) is 0 Å².